The number of carboxylic acid groups (broad SMARTS) is 1. The summed E-state index contributed by atoms with van der Waals surface area (Å²) in [6, 6.07) is 6.14. The van der Waals surface area contributed by atoms with Gasteiger partial charge in [-0.1, -0.05) is 12.1 Å². The van der Waals surface area contributed by atoms with Crippen molar-refractivity contribution in [3.63, 3.8) is 0 Å². The number of halogens is 4. The van der Waals surface area contributed by atoms with Gasteiger partial charge in [-0.05, 0) is 23.8 Å². The first-order valence-electron chi connectivity index (χ1n) is 6.44. The van der Waals surface area contributed by atoms with E-state index in [2.05, 4.69) is 0 Å². The smallest absolute Gasteiger partial charge is 0.416 e. The molecule has 2 heterocycles. The number of hydrogen-bond donors (Lipinski definition) is 1. The summed E-state index contributed by atoms with van der Waals surface area (Å²) in [5, 5.41) is 8.33. The average Bonchev–Trinajstić information content (AvgIpc) is 2.97. The van der Waals surface area contributed by atoms with Crippen LogP contribution in [-0.4, -0.2) is 15.6 Å². The Morgan fingerprint density at radius 1 is 1.17 bits per heavy atom. The van der Waals surface area contributed by atoms with E-state index >= 15 is 0 Å². The van der Waals surface area contributed by atoms with E-state index in [0.29, 0.717) is 10.3 Å². The van der Waals surface area contributed by atoms with Gasteiger partial charge in [0.25, 0.3) is 0 Å². The molecule has 3 nitrogen and oxygen atoms in total. The molecule has 0 amide bonds. The number of alkyl halides is 3. The van der Waals surface area contributed by atoms with Crippen LogP contribution < -0.4 is 0 Å². The highest BCUT2D eigenvalue weighted by Gasteiger charge is 2.30. The van der Waals surface area contributed by atoms with Crippen LogP contribution in [0.5, 0.6) is 0 Å². The first kappa shape index (κ1) is 15.5. The highest BCUT2D eigenvalue weighted by molar-refractivity contribution is 7.17. The fourth-order valence-corrected chi connectivity index (χ4v) is 3.28. The molecule has 23 heavy (non-hydrogen) atoms. The van der Waals surface area contributed by atoms with E-state index in [9.17, 15) is 22.4 Å². The Labute approximate surface area is 131 Å². The lowest BCUT2D eigenvalue weighted by atomic mass is 10.1. The molecule has 0 fully saturated rings. The molecule has 120 valence electrons. The van der Waals surface area contributed by atoms with Crippen LogP contribution in [0, 0.1) is 5.13 Å². The number of nitrogens with zero attached hydrogens (tertiary/aromatic N) is 1. The first-order chi connectivity index (χ1) is 10.8. The highest BCUT2D eigenvalue weighted by atomic mass is 32.1. The molecule has 3 aromatic rings. The summed E-state index contributed by atoms with van der Waals surface area (Å²) in [7, 11) is 0. The molecule has 0 aliphatic rings. The molecule has 0 spiro atoms. The second-order valence-corrected chi connectivity index (χ2v) is 5.91. The van der Waals surface area contributed by atoms with Crippen LogP contribution in [0.15, 0.2) is 36.5 Å². The highest BCUT2D eigenvalue weighted by Crippen LogP contribution is 2.32. The van der Waals surface area contributed by atoms with Crippen LogP contribution >= 0.6 is 11.3 Å². The van der Waals surface area contributed by atoms with Gasteiger partial charge >= 0.3 is 12.1 Å². The standard InChI is InChI=1S/C15H9F4NO2S/c16-13-11(14(21)22)12-10(23-13)5-6-20(12)7-8-1-3-9(4-2-8)15(17,18)19/h1-6H,7H2,(H,21,22). The minimum absolute atomic E-state index is 0.151. The average molecular weight is 343 g/mol. The molecule has 0 radical (unpaired) electrons. The number of carbonyl (C=O) groups is 1. The quantitative estimate of drug-likeness (QED) is 0.706. The largest absolute Gasteiger partial charge is 0.477 e. The number of fused-ring (bicyclic) bond motifs is 1. The van der Waals surface area contributed by atoms with Gasteiger partial charge in [0, 0.05) is 12.7 Å². The van der Waals surface area contributed by atoms with Crippen molar-refractivity contribution in [2.45, 2.75) is 12.7 Å². The topological polar surface area (TPSA) is 42.2 Å². The third kappa shape index (κ3) is 2.81. The maximum absolute atomic E-state index is 13.7. The van der Waals surface area contributed by atoms with E-state index in [1.54, 1.807) is 12.3 Å². The fourth-order valence-electron chi connectivity index (χ4n) is 2.36. The summed E-state index contributed by atoms with van der Waals surface area (Å²) < 4.78 is 53.3. The summed E-state index contributed by atoms with van der Waals surface area (Å²) in [5.41, 5.74) is -0.382. The summed E-state index contributed by atoms with van der Waals surface area (Å²) in [6.07, 6.45) is -2.82. The normalized spacial score (nSPS) is 12.0. The van der Waals surface area contributed by atoms with Crippen molar-refractivity contribution < 1.29 is 27.5 Å². The minimum Gasteiger partial charge on any atom is -0.477 e. The molecular formula is C15H9F4NO2S. The zero-order chi connectivity index (χ0) is 16.8. The maximum atomic E-state index is 13.7. The van der Waals surface area contributed by atoms with E-state index in [0.717, 1.165) is 23.5 Å². The number of thiophene rings is 1. The molecule has 0 bridgehead atoms. The number of rotatable bonds is 3. The Balaban J connectivity index is 1.97. The van der Waals surface area contributed by atoms with Gasteiger partial charge in [0.1, 0.15) is 5.56 Å². The number of carboxylic acids is 1. The van der Waals surface area contributed by atoms with E-state index in [-0.39, 0.29) is 12.1 Å². The van der Waals surface area contributed by atoms with Crippen LogP contribution in [0.2, 0.25) is 0 Å². The van der Waals surface area contributed by atoms with Crippen molar-refractivity contribution in [3.8, 4) is 0 Å². The number of benzene rings is 1. The van der Waals surface area contributed by atoms with Crippen molar-refractivity contribution in [2.24, 2.45) is 0 Å². The zero-order valence-corrected chi connectivity index (χ0v) is 12.2. The minimum atomic E-state index is -4.41. The number of hydrogen-bond acceptors (Lipinski definition) is 2. The van der Waals surface area contributed by atoms with Crippen LogP contribution in [0.25, 0.3) is 10.2 Å². The van der Waals surface area contributed by atoms with Crippen molar-refractivity contribution in [2.75, 3.05) is 0 Å². The molecular weight excluding hydrogens is 334 g/mol. The lowest BCUT2D eigenvalue weighted by Crippen LogP contribution is -2.06. The van der Waals surface area contributed by atoms with Crippen LogP contribution in [0.4, 0.5) is 17.6 Å². The van der Waals surface area contributed by atoms with Crippen LogP contribution in [-0.2, 0) is 12.7 Å². The van der Waals surface area contributed by atoms with Gasteiger partial charge in [0.05, 0.1) is 15.8 Å². The second-order valence-electron chi connectivity index (χ2n) is 4.91. The SMILES string of the molecule is O=C(O)c1c(F)sc2ccn(Cc3ccc(C(F)(F)F)cc3)c12. The number of aromatic carboxylic acids is 1. The predicted octanol–water partition coefficient (Wildman–Crippen LogP) is 4.61. The zero-order valence-electron chi connectivity index (χ0n) is 11.4. The van der Waals surface area contributed by atoms with Crippen LogP contribution in [0.1, 0.15) is 21.5 Å². The van der Waals surface area contributed by atoms with Gasteiger partial charge in [-0.25, -0.2) is 4.79 Å². The van der Waals surface area contributed by atoms with Crippen molar-refractivity contribution in [3.05, 3.63) is 58.3 Å². The fraction of sp³-hybridized carbons (Fsp3) is 0.133. The van der Waals surface area contributed by atoms with Gasteiger partial charge in [-0.15, -0.1) is 11.3 Å². The summed E-state index contributed by atoms with van der Waals surface area (Å²) in [6.45, 7) is 0.151. The van der Waals surface area contributed by atoms with E-state index < -0.39 is 28.4 Å². The van der Waals surface area contributed by atoms with Gasteiger partial charge < -0.3 is 9.67 Å². The maximum Gasteiger partial charge on any atom is 0.416 e. The van der Waals surface area contributed by atoms with Crippen LogP contribution in [0.3, 0.4) is 0 Å². The van der Waals surface area contributed by atoms with E-state index in [4.69, 9.17) is 5.11 Å². The molecule has 1 N–H and O–H groups in total. The summed E-state index contributed by atoms with van der Waals surface area (Å²) >= 11 is 0.727. The third-order valence-electron chi connectivity index (χ3n) is 3.41. The van der Waals surface area contributed by atoms with Crippen molar-refractivity contribution in [1.82, 2.24) is 4.57 Å². The van der Waals surface area contributed by atoms with Crippen molar-refractivity contribution in [1.29, 1.82) is 0 Å². The molecule has 0 saturated heterocycles. The Bertz CT molecular complexity index is 877. The lowest BCUT2D eigenvalue weighted by molar-refractivity contribution is -0.137. The Kier molecular flexibility index (Phi) is 3.63. The molecule has 0 atom stereocenters. The van der Waals surface area contributed by atoms with Gasteiger partial charge in [0.15, 0.2) is 5.13 Å². The third-order valence-corrected chi connectivity index (χ3v) is 4.34. The molecule has 8 heteroatoms. The van der Waals surface area contributed by atoms with Gasteiger partial charge in [-0.3, -0.25) is 0 Å². The van der Waals surface area contributed by atoms with E-state index in [1.807, 2.05) is 0 Å². The molecule has 0 aliphatic heterocycles. The molecule has 0 aliphatic carbocycles. The summed E-state index contributed by atoms with van der Waals surface area (Å²) in [4.78, 5) is 11.2. The lowest BCUT2D eigenvalue weighted by Gasteiger charge is -2.09. The van der Waals surface area contributed by atoms with Gasteiger partial charge in [0.2, 0.25) is 0 Å². The van der Waals surface area contributed by atoms with Crippen molar-refractivity contribution >= 4 is 27.5 Å². The first-order valence-corrected chi connectivity index (χ1v) is 7.25. The number of aromatic nitrogens is 1. The Hall–Kier alpha value is -2.35. The second kappa shape index (κ2) is 5.38. The Morgan fingerprint density at radius 2 is 1.83 bits per heavy atom. The molecule has 1 aromatic carbocycles. The molecule has 2 aromatic heterocycles. The molecule has 0 unspecified atom stereocenters. The predicted molar refractivity (Wildman–Crippen MR) is 77.3 cm³/mol. The van der Waals surface area contributed by atoms with E-state index in [1.165, 1.54) is 16.7 Å². The monoisotopic (exact) mass is 343 g/mol. The Morgan fingerprint density at radius 3 is 2.39 bits per heavy atom. The molecule has 3 rings (SSSR count). The molecule has 0 saturated carbocycles. The summed E-state index contributed by atoms with van der Waals surface area (Å²) in [5.74, 6) is -1.37. The van der Waals surface area contributed by atoms with Gasteiger partial charge in [-0.2, -0.15) is 17.6 Å².